The Labute approximate surface area is 142 Å². The predicted molar refractivity (Wildman–Crippen MR) is 90.0 cm³/mol. The van der Waals surface area contributed by atoms with Crippen LogP contribution in [0.4, 0.5) is 4.39 Å². The standard InChI is InChI=1S/C20H24FNO2/c1-19(18(23)24-2)12-20(19)8-5-13(6-9-20)15-7-10-22-17-4-3-14(21)11-16(15)17/h7,10-11,13H,3-6,8-9,12H2,1-2H3. The van der Waals surface area contributed by atoms with Crippen LogP contribution in [0, 0.1) is 10.8 Å². The number of allylic oxidation sites excluding steroid dienone is 1. The number of hydrogen-bond donors (Lipinski definition) is 0. The van der Waals surface area contributed by atoms with Gasteiger partial charge >= 0.3 is 5.97 Å². The molecule has 4 heteroatoms. The number of aromatic nitrogens is 1. The fourth-order valence-electron chi connectivity index (χ4n) is 5.08. The van der Waals surface area contributed by atoms with Gasteiger partial charge in [-0.05, 0) is 74.5 Å². The summed E-state index contributed by atoms with van der Waals surface area (Å²) in [4.78, 5) is 16.5. The summed E-state index contributed by atoms with van der Waals surface area (Å²) in [7, 11) is 1.48. The molecule has 3 aliphatic rings. The van der Waals surface area contributed by atoms with E-state index >= 15 is 0 Å². The molecule has 24 heavy (non-hydrogen) atoms. The molecular formula is C20H24FNO2. The van der Waals surface area contributed by atoms with E-state index in [2.05, 4.69) is 11.1 Å². The number of halogens is 1. The van der Waals surface area contributed by atoms with E-state index < -0.39 is 0 Å². The van der Waals surface area contributed by atoms with Crippen LogP contribution in [-0.2, 0) is 16.0 Å². The van der Waals surface area contributed by atoms with E-state index in [-0.39, 0.29) is 22.6 Å². The monoisotopic (exact) mass is 329 g/mol. The Morgan fingerprint density at radius 1 is 1.33 bits per heavy atom. The maximum absolute atomic E-state index is 13.8. The van der Waals surface area contributed by atoms with Crippen LogP contribution in [0.2, 0.25) is 0 Å². The van der Waals surface area contributed by atoms with Gasteiger partial charge in [-0.2, -0.15) is 0 Å². The van der Waals surface area contributed by atoms with Crippen LogP contribution in [0.15, 0.2) is 18.1 Å². The van der Waals surface area contributed by atoms with Crippen molar-refractivity contribution >= 4 is 12.0 Å². The third-order valence-electron chi connectivity index (χ3n) is 6.76. The number of carbonyl (C=O) groups is 1. The Morgan fingerprint density at radius 3 is 2.79 bits per heavy atom. The van der Waals surface area contributed by atoms with Gasteiger partial charge < -0.3 is 4.74 Å². The summed E-state index contributed by atoms with van der Waals surface area (Å²) < 4.78 is 18.8. The van der Waals surface area contributed by atoms with E-state index in [0.717, 1.165) is 43.4 Å². The topological polar surface area (TPSA) is 39.2 Å². The minimum atomic E-state index is -0.295. The van der Waals surface area contributed by atoms with Crippen LogP contribution in [-0.4, -0.2) is 18.1 Å². The molecule has 3 nitrogen and oxygen atoms in total. The maximum atomic E-state index is 13.8. The zero-order valence-electron chi connectivity index (χ0n) is 14.4. The number of methoxy groups -OCH3 is 1. The highest BCUT2D eigenvalue weighted by Crippen LogP contribution is 2.71. The van der Waals surface area contributed by atoms with Crippen molar-refractivity contribution in [2.75, 3.05) is 7.11 Å². The van der Waals surface area contributed by atoms with Crippen molar-refractivity contribution < 1.29 is 13.9 Å². The van der Waals surface area contributed by atoms with E-state index in [9.17, 15) is 9.18 Å². The van der Waals surface area contributed by atoms with Gasteiger partial charge in [0.1, 0.15) is 5.83 Å². The first-order chi connectivity index (χ1) is 11.5. The van der Waals surface area contributed by atoms with Gasteiger partial charge in [0.2, 0.25) is 0 Å². The largest absolute Gasteiger partial charge is 0.469 e. The van der Waals surface area contributed by atoms with Crippen molar-refractivity contribution in [1.29, 1.82) is 0 Å². The zero-order chi connectivity index (χ0) is 16.9. The Bertz CT molecular complexity index is 718. The van der Waals surface area contributed by atoms with Crippen molar-refractivity contribution in [1.82, 2.24) is 4.98 Å². The molecule has 1 aromatic heterocycles. The number of ether oxygens (including phenoxy) is 1. The molecule has 0 radical (unpaired) electrons. The van der Waals surface area contributed by atoms with Gasteiger partial charge in [-0.25, -0.2) is 4.39 Å². The first-order valence-electron chi connectivity index (χ1n) is 8.91. The first-order valence-corrected chi connectivity index (χ1v) is 8.91. The van der Waals surface area contributed by atoms with Crippen LogP contribution in [0.3, 0.4) is 0 Å². The smallest absolute Gasteiger partial charge is 0.312 e. The normalized spacial score (nSPS) is 34.5. The van der Waals surface area contributed by atoms with Gasteiger partial charge in [-0.15, -0.1) is 0 Å². The lowest BCUT2D eigenvalue weighted by Gasteiger charge is -2.32. The van der Waals surface area contributed by atoms with Crippen molar-refractivity contribution in [3.8, 4) is 0 Å². The van der Waals surface area contributed by atoms with Gasteiger partial charge in [0.25, 0.3) is 0 Å². The number of hydrogen-bond acceptors (Lipinski definition) is 3. The number of aryl methyl sites for hydroxylation is 1. The molecule has 4 rings (SSSR count). The van der Waals surface area contributed by atoms with Gasteiger partial charge in [-0.1, -0.05) is 0 Å². The van der Waals surface area contributed by atoms with Crippen molar-refractivity contribution in [3.63, 3.8) is 0 Å². The number of carbonyl (C=O) groups excluding carboxylic acids is 1. The van der Waals surface area contributed by atoms with E-state index in [0.29, 0.717) is 18.8 Å². The Balaban J connectivity index is 1.54. The molecule has 0 aromatic carbocycles. The molecular weight excluding hydrogens is 305 g/mol. The lowest BCUT2D eigenvalue weighted by Crippen LogP contribution is -2.26. The summed E-state index contributed by atoms with van der Waals surface area (Å²) in [5.74, 6) is 0.341. The fraction of sp³-hybridized carbons (Fsp3) is 0.600. The molecule has 3 aliphatic carbocycles. The lowest BCUT2D eigenvalue weighted by atomic mass is 9.72. The van der Waals surface area contributed by atoms with Crippen LogP contribution >= 0.6 is 0 Å². The Kier molecular flexibility index (Phi) is 3.55. The number of rotatable bonds is 2. The number of nitrogens with zero attached hydrogens (tertiary/aromatic N) is 1. The average Bonchev–Trinajstić information content (AvgIpc) is 3.19. The van der Waals surface area contributed by atoms with Crippen LogP contribution < -0.4 is 0 Å². The first kappa shape index (κ1) is 15.8. The van der Waals surface area contributed by atoms with Gasteiger partial charge in [0, 0.05) is 23.9 Å². The summed E-state index contributed by atoms with van der Waals surface area (Å²) in [6.07, 6.45) is 9.86. The Hall–Kier alpha value is -1.71. The van der Waals surface area contributed by atoms with Gasteiger partial charge in [0.15, 0.2) is 0 Å². The summed E-state index contributed by atoms with van der Waals surface area (Å²) >= 11 is 0. The molecule has 0 amide bonds. The predicted octanol–water partition coefficient (Wildman–Crippen LogP) is 4.57. The van der Waals surface area contributed by atoms with Crippen molar-refractivity contribution in [3.05, 3.63) is 34.9 Å². The zero-order valence-corrected chi connectivity index (χ0v) is 14.4. The highest BCUT2D eigenvalue weighted by molar-refractivity contribution is 5.81. The van der Waals surface area contributed by atoms with E-state index in [1.807, 2.05) is 13.1 Å². The molecule has 1 heterocycles. The SMILES string of the molecule is COC(=O)C1(C)CC12CCC(c1ccnc3c1C=C(F)CC3)CC2. The molecule has 0 saturated heterocycles. The molecule has 0 bridgehead atoms. The molecule has 0 aliphatic heterocycles. The highest BCUT2D eigenvalue weighted by atomic mass is 19.1. The fourth-order valence-corrected chi connectivity index (χ4v) is 5.08. The molecule has 2 fully saturated rings. The third kappa shape index (κ3) is 2.22. The van der Waals surface area contributed by atoms with Crippen molar-refractivity contribution in [2.24, 2.45) is 10.8 Å². The molecule has 2 saturated carbocycles. The van der Waals surface area contributed by atoms with E-state index in [1.54, 1.807) is 6.08 Å². The Morgan fingerprint density at radius 2 is 2.08 bits per heavy atom. The maximum Gasteiger partial charge on any atom is 0.312 e. The summed E-state index contributed by atoms with van der Waals surface area (Å²) in [6, 6.07) is 2.06. The third-order valence-corrected chi connectivity index (χ3v) is 6.76. The molecule has 1 atom stereocenters. The van der Waals surface area contributed by atoms with Gasteiger partial charge in [0.05, 0.1) is 12.5 Å². The highest BCUT2D eigenvalue weighted by Gasteiger charge is 2.69. The molecule has 0 N–H and O–H groups in total. The quantitative estimate of drug-likeness (QED) is 0.746. The van der Waals surface area contributed by atoms with E-state index in [1.165, 1.54) is 12.7 Å². The molecule has 1 spiro atoms. The average molecular weight is 329 g/mol. The van der Waals surface area contributed by atoms with Gasteiger partial charge in [-0.3, -0.25) is 9.78 Å². The molecule has 1 unspecified atom stereocenters. The van der Waals surface area contributed by atoms with Crippen LogP contribution in [0.1, 0.15) is 68.2 Å². The summed E-state index contributed by atoms with van der Waals surface area (Å²) in [5, 5.41) is 0. The second kappa shape index (κ2) is 5.40. The summed E-state index contributed by atoms with van der Waals surface area (Å²) in [6.45, 7) is 2.05. The number of esters is 1. The second-order valence-corrected chi connectivity index (χ2v) is 7.91. The number of pyridine rings is 1. The minimum Gasteiger partial charge on any atom is -0.469 e. The lowest BCUT2D eigenvalue weighted by molar-refractivity contribution is -0.148. The van der Waals surface area contributed by atoms with E-state index in [4.69, 9.17) is 4.74 Å². The molecule has 1 aromatic rings. The minimum absolute atomic E-state index is 0.0375. The molecule has 128 valence electrons. The van der Waals surface area contributed by atoms with Crippen LogP contribution in [0.25, 0.3) is 6.08 Å². The number of fused-ring (bicyclic) bond motifs is 1. The summed E-state index contributed by atoms with van der Waals surface area (Å²) in [5.41, 5.74) is 3.11. The van der Waals surface area contributed by atoms with Crippen LogP contribution in [0.5, 0.6) is 0 Å². The second-order valence-electron chi connectivity index (χ2n) is 7.91. The van der Waals surface area contributed by atoms with Crippen molar-refractivity contribution in [2.45, 2.75) is 57.8 Å².